The third-order valence-corrected chi connectivity index (χ3v) is 2.13. The summed E-state index contributed by atoms with van der Waals surface area (Å²) < 4.78 is 4.65. The Hall–Kier alpha value is -0.970. The number of hydrogen-bond acceptors (Lipinski definition) is 4. The van der Waals surface area contributed by atoms with E-state index in [2.05, 4.69) is 20.7 Å². The van der Waals surface area contributed by atoms with Crippen LogP contribution in [0.15, 0.2) is 11.8 Å². The summed E-state index contributed by atoms with van der Waals surface area (Å²) in [5, 5.41) is -0.0224. The van der Waals surface area contributed by atoms with E-state index in [1.807, 2.05) is 0 Å². The quantitative estimate of drug-likeness (QED) is 0.407. The average Bonchev–Trinajstić information content (AvgIpc) is 2.02. The van der Waals surface area contributed by atoms with E-state index < -0.39 is 23.5 Å². The van der Waals surface area contributed by atoms with Gasteiger partial charge in [0.1, 0.15) is 5.76 Å². The second-order valence-corrected chi connectivity index (χ2v) is 3.17. The third kappa shape index (κ3) is 2.03. The molecule has 1 unspecified atom stereocenters. The molecule has 5 heteroatoms. The average molecular weight is 247 g/mol. The number of hydrogen-bond donors (Lipinski definition) is 0. The Morgan fingerprint density at radius 3 is 2.69 bits per heavy atom. The summed E-state index contributed by atoms with van der Waals surface area (Å²) in [4.78, 5) is 33.4. The fourth-order valence-electron chi connectivity index (χ4n) is 1.01. The molecule has 0 saturated heterocycles. The van der Waals surface area contributed by atoms with Gasteiger partial charge in [-0.15, -0.1) is 0 Å². The van der Waals surface area contributed by atoms with Crippen molar-refractivity contribution in [1.82, 2.24) is 0 Å². The topological polar surface area (TPSA) is 60.4 Å². The fourth-order valence-corrected chi connectivity index (χ4v) is 1.34. The minimum absolute atomic E-state index is 0.0224. The molecule has 4 nitrogen and oxygen atoms in total. The minimum atomic E-state index is -1.27. The molecule has 0 aliphatic carbocycles. The lowest BCUT2D eigenvalue weighted by molar-refractivity contribution is -0.152. The summed E-state index contributed by atoms with van der Waals surface area (Å²) in [6.07, 6.45) is 1.16. The van der Waals surface area contributed by atoms with E-state index in [0.29, 0.717) is 0 Å². The molecule has 0 spiro atoms. The maximum absolute atomic E-state index is 11.2. The van der Waals surface area contributed by atoms with E-state index in [9.17, 15) is 14.4 Å². The molecule has 1 atom stereocenters. The molecule has 13 heavy (non-hydrogen) atoms. The normalized spacial score (nSPS) is 22.3. The van der Waals surface area contributed by atoms with Crippen LogP contribution < -0.4 is 0 Å². The van der Waals surface area contributed by atoms with Crippen molar-refractivity contribution >= 4 is 33.5 Å². The van der Waals surface area contributed by atoms with E-state index in [1.54, 1.807) is 0 Å². The van der Waals surface area contributed by atoms with Crippen molar-refractivity contribution in [3.05, 3.63) is 11.8 Å². The summed E-state index contributed by atoms with van der Waals surface area (Å²) in [7, 11) is 0. The maximum atomic E-state index is 11.2. The van der Waals surface area contributed by atoms with Crippen LogP contribution in [0.1, 0.15) is 6.92 Å². The third-order valence-electron chi connectivity index (χ3n) is 1.58. The van der Waals surface area contributed by atoms with Crippen molar-refractivity contribution in [2.75, 3.05) is 5.33 Å². The Labute approximate surface area is 83.1 Å². The Bertz CT molecular complexity index is 305. The Morgan fingerprint density at radius 1 is 1.62 bits per heavy atom. The van der Waals surface area contributed by atoms with Crippen LogP contribution in [0.2, 0.25) is 0 Å². The summed E-state index contributed by atoms with van der Waals surface area (Å²) in [6, 6.07) is 0. The second-order valence-electron chi connectivity index (χ2n) is 2.61. The second kappa shape index (κ2) is 3.83. The van der Waals surface area contributed by atoms with Crippen molar-refractivity contribution in [3.8, 4) is 0 Å². The largest absolute Gasteiger partial charge is 0.430 e. The van der Waals surface area contributed by atoms with E-state index in [1.165, 1.54) is 6.92 Å². The predicted octanol–water partition coefficient (Wildman–Crippen LogP) is 0.596. The van der Waals surface area contributed by atoms with E-state index >= 15 is 0 Å². The van der Waals surface area contributed by atoms with E-state index in [-0.39, 0.29) is 11.1 Å². The van der Waals surface area contributed by atoms with Crippen LogP contribution in [0.25, 0.3) is 0 Å². The van der Waals surface area contributed by atoms with Crippen LogP contribution in [0.4, 0.5) is 0 Å². The van der Waals surface area contributed by atoms with Gasteiger partial charge in [0.2, 0.25) is 0 Å². The summed E-state index contributed by atoms with van der Waals surface area (Å²) in [5.74, 6) is -2.80. The molecule has 1 aliphatic heterocycles. The van der Waals surface area contributed by atoms with Gasteiger partial charge in [-0.2, -0.15) is 0 Å². The van der Waals surface area contributed by atoms with Crippen LogP contribution in [0.3, 0.4) is 0 Å². The first-order valence-electron chi connectivity index (χ1n) is 3.58. The van der Waals surface area contributed by atoms with Gasteiger partial charge < -0.3 is 4.74 Å². The standard InChI is InChI=1S/C8H7BrO4/c1-4-2-5(10)7(6(11)3-9)8(12)13-4/h2,7H,3H2,1H3. The van der Waals surface area contributed by atoms with Crippen molar-refractivity contribution in [2.24, 2.45) is 5.92 Å². The van der Waals surface area contributed by atoms with Gasteiger partial charge in [0, 0.05) is 6.08 Å². The Kier molecular flexibility index (Phi) is 2.98. The number of halogens is 1. The number of allylic oxidation sites excluding steroid dienone is 2. The Balaban J connectivity index is 2.93. The molecule has 0 saturated carbocycles. The van der Waals surface area contributed by atoms with E-state index in [4.69, 9.17) is 0 Å². The van der Waals surface area contributed by atoms with Crippen LogP contribution in [0.5, 0.6) is 0 Å². The maximum Gasteiger partial charge on any atom is 0.329 e. The van der Waals surface area contributed by atoms with Crippen LogP contribution >= 0.6 is 15.9 Å². The molecule has 0 aromatic carbocycles. The van der Waals surface area contributed by atoms with Crippen molar-refractivity contribution in [3.63, 3.8) is 0 Å². The molecule has 0 bridgehead atoms. The van der Waals surface area contributed by atoms with Crippen LogP contribution in [-0.4, -0.2) is 22.9 Å². The van der Waals surface area contributed by atoms with Gasteiger partial charge in [-0.05, 0) is 6.92 Å². The van der Waals surface area contributed by atoms with Gasteiger partial charge in [-0.1, -0.05) is 15.9 Å². The smallest absolute Gasteiger partial charge is 0.329 e. The zero-order valence-electron chi connectivity index (χ0n) is 6.87. The number of alkyl halides is 1. The molecular formula is C8H7BrO4. The summed E-state index contributed by atoms with van der Waals surface area (Å²) >= 11 is 2.89. The molecule has 1 aliphatic rings. The number of rotatable bonds is 2. The molecule has 1 rings (SSSR count). The molecule has 70 valence electrons. The molecule has 0 amide bonds. The number of ketones is 2. The van der Waals surface area contributed by atoms with Crippen molar-refractivity contribution in [1.29, 1.82) is 0 Å². The minimum Gasteiger partial charge on any atom is -0.430 e. The first kappa shape index (κ1) is 10.1. The summed E-state index contributed by atoms with van der Waals surface area (Å²) in [5.41, 5.74) is 0. The molecule has 0 N–H and O–H groups in total. The molecule has 0 aromatic heterocycles. The lowest BCUT2D eigenvalue weighted by Gasteiger charge is -2.15. The molecular weight excluding hydrogens is 240 g/mol. The van der Waals surface area contributed by atoms with Crippen molar-refractivity contribution in [2.45, 2.75) is 6.92 Å². The SMILES string of the molecule is CC1=CC(=O)C(C(=O)CBr)C(=O)O1. The fraction of sp³-hybridized carbons (Fsp3) is 0.375. The number of cyclic esters (lactones) is 1. The van der Waals surface area contributed by atoms with Gasteiger partial charge in [-0.25, -0.2) is 0 Å². The highest BCUT2D eigenvalue weighted by Crippen LogP contribution is 2.16. The van der Waals surface area contributed by atoms with Crippen LogP contribution in [0, 0.1) is 5.92 Å². The molecule has 0 fully saturated rings. The van der Waals surface area contributed by atoms with Gasteiger partial charge in [0.05, 0.1) is 5.33 Å². The van der Waals surface area contributed by atoms with Gasteiger partial charge in [-0.3, -0.25) is 14.4 Å². The lowest BCUT2D eigenvalue weighted by Crippen LogP contribution is -2.36. The summed E-state index contributed by atoms with van der Waals surface area (Å²) in [6.45, 7) is 1.49. The molecule has 1 heterocycles. The van der Waals surface area contributed by atoms with Gasteiger partial charge >= 0.3 is 5.97 Å². The number of carbonyl (C=O) groups excluding carboxylic acids is 3. The first-order chi connectivity index (χ1) is 6.06. The highest BCUT2D eigenvalue weighted by Gasteiger charge is 2.36. The monoisotopic (exact) mass is 246 g/mol. The van der Waals surface area contributed by atoms with Gasteiger partial charge in [0.15, 0.2) is 17.5 Å². The highest BCUT2D eigenvalue weighted by molar-refractivity contribution is 9.09. The number of carbonyl (C=O) groups is 3. The number of ether oxygens (including phenoxy) is 1. The van der Waals surface area contributed by atoms with Gasteiger partial charge in [0.25, 0.3) is 0 Å². The lowest BCUT2D eigenvalue weighted by atomic mass is 9.98. The zero-order valence-corrected chi connectivity index (χ0v) is 8.46. The molecule has 0 aromatic rings. The number of esters is 1. The number of Topliss-reactive ketones (excluding diaryl/α,β-unsaturated/α-hetero) is 1. The molecule has 0 radical (unpaired) electrons. The Morgan fingerprint density at radius 2 is 2.23 bits per heavy atom. The highest BCUT2D eigenvalue weighted by atomic mass is 79.9. The predicted molar refractivity (Wildman–Crippen MR) is 47.1 cm³/mol. The van der Waals surface area contributed by atoms with Crippen LogP contribution in [-0.2, 0) is 19.1 Å². The van der Waals surface area contributed by atoms with Crippen molar-refractivity contribution < 1.29 is 19.1 Å². The van der Waals surface area contributed by atoms with E-state index in [0.717, 1.165) is 6.08 Å². The first-order valence-corrected chi connectivity index (χ1v) is 4.71. The zero-order chi connectivity index (χ0) is 10.0.